The van der Waals surface area contributed by atoms with Crippen molar-refractivity contribution in [1.29, 1.82) is 0 Å². The third-order valence-corrected chi connectivity index (χ3v) is 2.78. The van der Waals surface area contributed by atoms with Crippen LogP contribution in [-0.2, 0) is 4.74 Å². The van der Waals surface area contributed by atoms with E-state index >= 15 is 0 Å². The van der Waals surface area contributed by atoms with Gasteiger partial charge in [-0.05, 0) is 6.07 Å². The summed E-state index contributed by atoms with van der Waals surface area (Å²) < 4.78 is 6.67. The van der Waals surface area contributed by atoms with Crippen LogP contribution in [0, 0.1) is 0 Å². The van der Waals surface area contributed by atoms with E-state index in [1.165, 1.54) is 4.57 Å². The normalized spacial score (nSPS) is 28.3. The van der Waals surface area contributed by atoms with Gasteiger partial charge in [0.25, 0.3) is 0 Å². The average molecular weight is 241 g/mol. The van der Waals surface area contributed by atoms with Crippen molar-refractivity contribution >= 4 is 5.82 Å². The van der Waals surface area contributed by atoms with Crippen LogP contribution >= 0.6 is 0 Å². The van der Waals surface area contributed by atoms with Gasteiger partial charge < -0.3 is 20.3 Å². The maximum atomic E-state index is 11.7. The maximum absolute atomic E-state index is 11.7. The molecule has 0 saturated carbocycles. The monoisotopic (exact) mass is 241 g/mol. The average Bonchev–Trinajstić information content (AvgIpc) is 2.70. The molecule has 2 rings (SSSR count). The molecule has 0 aliphatic carbocycles. The lowest BCUT2D eigenvalue weighted by atomic mass is 10.2. The Hall–Kier alpha value is -1.44. The van der Waals surface area contributed by atoms with Crippen molar-refractivity contribution in [1.82, 2.24) is 9.55 Å². The molecule has 2 heterocycles. The summed E-state index contributed by atoms with van der Waals surface area (Å²) in [6, 6.07) is 1.64. The number of aliphatic hydroxyl groups excluding tert-OH is 2. The zero-order valence-corrected chi connectivity index (χ0v) is 9.41. The zero-order chi connectivity index (χ0) is 12.4. The van der Waals surface area contributed by atoms with Gasteiger partial charge in [-0.25, -0.2) is 4.79 Å². The highest BCUT2D eigenvalue weighted by Crippen LogP contribution is 2.27. The van der Waals surface area contributed by atoms with Crippen molar-refractivity contribution in [3.8, 4) is 0 Å². The van der Waals surface area contributed by atoms with E-state index in [2.05, 4.69) is 10.3 Å². The highest BCUT2D eigenvalue weighted by Gasteiger charge is 2.34. The Kier molecular flexibility index (Phi) is 3.41. The van der Waals surface area contributed by atoms with Crippen molar-refractivity contribution in [3.05, 3.63) is 22.7 Å². The highest BCUT2D eigenvalue weighted by molar-refractivity contribution is 5.30. The van der Waals surface area contributed by atoms with E-state index in [1.54, 1.807) is 19.3 Å². The van der Waals surface area contributed by atoms with Gasteiger partial charge in [-0.3, -0.25) is 4.57 Å². The first-order valence-electron chi connectivity index (χ1n) is 5.37. The van der Waals surface area contributed by atoms with E-state index < -0.39 is 24.1 Å². The molecule has 0 spiro atoms. The van der Waals surface area contributed by atoms with Gasteiger partial charge in [-0.2, -0.15) is 4.98 Å². The Bertz CT molecular complexity index is 447. The molecular formula is C10H15N3O4. The molecule has 1 aromatic heterocycles. The molecule has 3 atom stereocenters. The molecule has 1 aromatic rings. The second-order valence-electron chi connectivity index (χ2n) is 3.87. The first kappa shape index (κ1) is 12.0. The molecule has 0 amide bonds. The van der Waals surface area contributed by atoms with E-state index in [0.29, 0.717) is 5.82 Å². The van der Waals surface area contributed by atoms with Gasteiger partial charge in [-0.1, -0.05) is 0 Å². The zero-order valence-electron chi connectivity index (χ0n) is 9.41. The SMILES string of the molecule is CNc1ccn([C@@H]2C[C@@H](O)[C@H](CO)O2)c(=O)n1. The van der Waals surface area contributed by atoms with E-state index in [4.69, 9.17) is 9.84 Å². The molecule has 94 valence electrons. The Balaban J connectivity index is 2.22. The van der Waals surface area contributed by atoms with Crippen LogP contribution in [0.15, 0.2) is 17.1 Å². The summed E-state index contributed by atoms with van der Waals surface area (Å²) >= 11 is 0. The molecule has 0 unspecified atom stereocenters. The van der Waals surface area contributed by atoms with Crippen LogP contribution in [0.1, 0.15) is 12.6 Å². The summed E-state index contributed by atoms with van der Waals surface area (Å²) in [6.07, 6.45) is -0.158. The van der Waals surface area contributed by atoms with Crippen LogP contribution in [-0.4, -0.2) is 45.6 Å². The van der Waals surface area contributed by atoms with Gasteiger partial charge >= 0.3 is 5.69 Å². The number of anilines is 1. The minimum atomic E-state index is -0.763. The lowest BCUT2D eigenvalue weighted by Gasteiger charge is -2.14. The molecule has 0 bridgehead atoms. The Morgan fingerprint density at radius 2 is 2.47 bits per heavy atom. The summed E-state index contributed by atoms with van der Waals surface area (Å²) in [6.45, 7) is -0.269. The van der Waals surface area contributed by atoms with Crippen molar-refractivity contribution in [2.75, 3.05) is 19.0 Å². The van der Waals surface area contributed by atoms with Gasteiger partial charge in [0.15, 0.2) is 0 Å². The lowest BCUT2D eigenvalue weighted by molar-refractivity contribution is -0.0458. The molecule has 17 heavy (non-hydrogen) atoms. The Morgan fingerprint density at radius 3 is 3.00 bits per heavy atom. The Labute approximate surface area is 97.7 Å². The molecule has 1 fully saturated rings. The number of nitrogens with one attached hydrogen (secondary N) is 1. The first-order valence-corrected chi connectivity index (χ1v) is 5.37. The molecule has 0 aromatic carbocycles. The van der Waals surface area contributed by atoms with Gasteiger partial charge in [0, 0.05) is 19.7 Å². The Morgan fingerprint density at radius 1 is 1.71 bits per heavy atom. The van der Waals surface area contributed by atoms with Crippen LogP contribution < -0.4 is 11.0 Å². The molecular weight excluding hydrogens is 226 g/mol. The number of rotatable bonds is 3. The number of aliphatic hydroxyl groups is 2. The molecule has 0 radical (unpaired) electrons. The molecule has 1 saturated heterocycles. The number of aromatic nitrogens is 2. The minimum Gasteiger partial charge on any atom is -0.394 e. The minimum absolute atomic E-state index is 0.269. The maximum Gasteiger partial charge on any atom is 0.351 e. The third-order valence-electron chi connectivity index (χ3n) is 2.78. The highest BCUT2D eigenvalue weighted by atomic mass is 16.5. The smallest absolute Gasteiger partial charge is 0.351 e. The number of hydrogen-bond donors (Lipinski definition) is 3. The fourth-order valence-corrected chi connectivity index (χ4v) is 1.82. The quantitative estimate of drug-likeness (QED) is 0.623. The topological polar surface area (TPSA) is 96.6 Å². The largest absolute Gasteiger partial charge is 0.394 e. The van der Waals surface area contributed by atoms with Crippen LogP contribution in [0.3, 0.4) is 0 Å². The van der Waals surface area contributed by atoms with Gasteiger partial charge in [0.2, 0.25) is 0 Å². The van der Waals surface area contributed by atoms with Crippen LogP contribution in [0.4, 0.5) is 5.82 Å². The summed E-state index contributed by atoms with van der Waals surface area (Å²) in [7, 11) is 1.67. The van der Waals surface area contributed by atoms with Gasteiger partial charge in [0.05, 0.1) is 12.7 Å². The first-order chi connectivity index (χ1) is 8.15. The lowest BCUT2D eigenvalue weighted by Crippen LogP contribution is -2.27. The second kappa shape index (κ2) is 4.82. The summed E-state index contributed by atoms with van der Waals surface area (Å²) in [4.78, 5) is 15.5. The van der Waals surface area contributed by atoms with Gasteiger partial charge in [-0.15, -0.1) is 0 Å². The number of hydrogen-bond acceptors (Lipinski definition) is 6. The van der Waals surface area contributed by atoms with Gasteiger partial charge in [0.1, 0.15) is 18.1 Å². The molecule has 1 aliphatic rings. The summed E-state index contributed by atoms with van der Waals surface area (Å²) in [5.41, 5.74) is -0.451. The van der Waals surface area contributed by atoms with E-state index in [0.717, 1.165) is 0 Å². The van der Waals surface area contributed by atoms with Crippen molar-refractivity contribution < 1.29 is 14.9 Å². The van der Waals surface area contributed by atoms with Crippen LogP contribution in [0.25, 0.3) is 0 Å². The van der Waals surface area contributed by atoms with Crippen LogP contribution in [0.5, 0.6) is 0 Å². The summed E-state index contributed by atoms with van der Waals surface area (Å²) in [5, 5.41) is 21.3. The fraction of sp³-hybridized carbons (Fsp3) is 0.600. The predicted octanol–water partition coefficient (Wildman–Crippen LogP) is -1.07. The standard InChI is InChI=1S/C10H15N3O4/c1-11-8-2-3-13(10(16)12-8)9-4-6(15)7(5-14)17-9/h2-3,6-7,9,14-15H,4-5H2,1H3,(H,11,12,16)/t6-,7+,9+/m1/s1. The second-order valence-corrected chi connectivity index (χ2v) is 3.87. The number of ether oxygens (including phenoxy) is 1. The van der Waals surface area contributed by atoms with Crippen molar-refractivity contribution in [3.63, 3.8) is 0 Å². The fourth-order valence-electron chi connectivity index (χ4n) is 1.82. The van der Waals surface area contributed by atoms with E-state index in [1.807, 2.05) is 0 Å². The number of nitrogens with zero attached hydrogens (tertiary/aromatic N) is 2. The van der Waals surface area contributed by atoms with E-state index in [9.17, 15) is 9.90 Å². The van der Waals surface area contributed by atoms with Crippen molar-refractivity contribution in [2.45, 2.75) is 24.9 Å². The molecule has 7 nitrogen and oxygen atoms in total. The van der Waals surface area contributed by atoms with Crippen molar-refractivity contribution in [2.24, 2.45) is 0 Å². The predicted molar refractivity (Wildman–Crippen MR) is 59.7 cm³/mol. The van der Waals surface area contributed by atoms with Crippen LogP contribution in [0.2, 0.25) is 0 Å². The molecule has 3 N–H and O–H groups in total. The summed E-state index contributed by atoms with van der Waals surface area (Å²) in [5.74, 6) is 0.475. The third kappa shape index (κ3) is 2.31. The molecule has 1 aliphatic heterocycles. The van der Waals surface area contributed by atoms with E-state index in [-0.39, 0.29) is 13.0 Å². The molecule has 7 heteroatoms.